The molecular weight excluding hydrogens is 242 g/mol. The molecule has 0 aliphatic carbocycles. The van der Waals surface area contributed by atoms with Gasteiger partial charge in [-0.1, -0.05) is 6.92 Å². The Morgan fingerprint density at radius 2 is 2.11 bits per heavy atom. The molecule has 0 unspecified atom stereocenters. The number of benzene rings is 1. The number of nitrogens with zero attached hydrogens (tertiary/aromatic N) is 2. The smallest absolute Gasteiger partial charge is 0.301 e. The van der Waals surface area contributed by atoms with Crippen LogP contribution in [0.3, 0.4) is 0 Å². The Bertz CT molecular complexity index is 623. The molecule has 0 bridgehead atoms. The average molecular weight is 259 g/mol. The molecule has 0 saturated carbocycles. The Balaban J connectivity index is 2.61. The standard InChI is InChI=1S/C14H17N3O2/c1-4-14(2,3)16-12-8-7-11-10(6-5-9-15-11)13(12)17(18)19/h5-9,16H,4H2,1-3H3. The molecule has 0 aliphatic rings. The van der Waals surface area contributed by atoms with Crippen LogP contribution in [-0.4, -0.2) is 15.4 Å². The topological polar surface area (TPSA) is 68.1 Å². The molecule has 0 fully saturated rings. The van der Waals surface area contributed by atoms with Crippen molar-refractivity contribution in [3.05, 3.63) is 40.6 Å². The third kappa shape index (κ3) is 2.65. The quantitative estimate of drug-likeness (QED) is 0.670. The van der Waals surface area contributed by atoms with Crippen molar-refractivity contribution in [3.8, 4) is 0 Å². The molecule has 1 N–H and O–H groups in total. The van der Waals surface area contributed by atoms with Gasteiger partial charge in [-0.3, -0.25) is 15.1 Å². The Kier molecular flexibility index (Phi) is 3.38. The highest BCUT2D eigenvalue weighted by atomic mass is 16.6. The predicted octanol–water partition coefficient (Wildman–Crippen LogP) is 3.74. The molecule has 19 heavy (non-hydrogen) atoms. The fourth-order valence-corrected chi connectivity index (χ4v) is 1.89. The largest absolute Gasteiger partial charge is 0.375 e. The first-order chi connectivity index (χ1) is 8.94. The maximum Gasteiger partial charge on any atom is 0.301 e. The average Bonchev–Trinajstić information content (AvgIpc) is 2.37. The van der Waals surface area contributed by atoms with Crippen molar-refractivity contribution in [1.82, 2.24) is 4.98 Å². The highest BCUT2D eigenvalue weighted by molar-refractivity contribution is 5.94. The van der Waals surface area contributed by atoms with E-state index in [1.807, 2.05) is 20.8 Å². The van der Waals surface area contributed by atoms with Crippen molar-refractivity contribution in [2.75, 3.05) is 5.32 Å². The minimum absolute atomic E-state index is 0.0899. The summed E-state index contributed by atoms with van der Waals surface area (Å²) in [5.41, 5.74) is 1.07. The fourth-order valence-electron chi connectivity index (χ4n) is 1.89. The summed E-state index contributed by atoms with van der Waals surface area (Å²) in [6.45, 7) is 6.08. The second-order valence-corrected chi connectivity index (χ2v) is 5.15. The van der Waals surface area contributed by atoms with E-state index in [-0.39, 0.29) is 16.1 Å². The summed E-state index contributed by atoms with van der Waals surface area (Å²) in [6, 6.07) is 6.97. The minimum Gasteiger partial charge on any atom is -0.375 e. The van der Waals surface area contributed by atoms with Gasteiger partial charge in [0.25, 0.3) is 0 Å². The van der Waals surface area contributed by atoms with Crippen molar-refractivity contribution in [2.45, 2.75) is 32.7 Å². The van der Waals surface area contributed by atoms with E-state index < -0.39 is 0 Å². The van der Waals surface area contributed by atoms with Gasteiger partial charge in [0.15, 0.2) is 0 Å². The van der Waals surface area contributed by atoms with Crippen molar-refractivity contribution < 1.29 is 4.92 Å². The third-order valence-corrected chi connectivity index (χ3v) is 3.30. The van der Waals surface area contributed by atoms with Crippen molar-refractivity contribution in [3.63, 3.8) is 0 Å². The lowest BCUT2D eigenvalue weighted by Gasteiger charge is -2.25. The van der Waals surface area contributed by atoms with E-state index in [1.54, 1.807) is 30.5 Å². The number of nitrogens with one attached hydrogen (secondary N) is 1. The van der Waals surface area contributed by atoms with E-state index in [9.17, 15) is 10.1 Å². The van der Waals surface area contributed by atoms with E-state index in [0.29, 0.717) is 16.6 Å². The normalized spacial score (nSPS) is 11.5. The van der Waals surface area contributed by atoms with Crippen molar-refractivity contribution in [2.24, 2.45) is 0 Å². The van der Waals surface area contributed by atoms with Crippen LogP contribution in [0.5, 0.6) is 0 Å². The van der Waals surface area contributed by atoms with Gasteiger partial charge < -0.3 is 5.32 Å². The monoisotopic (exact) mass is 259 g/mol. The van der Waals surface area contributed by atoms with Gasteiger partial charge in [0.2, 0.25) is 0 Å². The molecule has 100 valence electrons. The Labute approximate surface area is 111 Å². The third-order valence-electron chi connectivity index (χ3n) is 3.30. The van der Waals surface area contributed by atoms with Gasteiger partial charge >= 0.3 is 5.69 Å². The number of hydrogen-bond acceptors (Lipinski definition) is 4. The highest BCUT2D eigenvalue weighted by Gasteiger charge is 2.23. The second kappa shape index (κ2) is 4.84. The van der Waals surface area contributed by atoms with E-state index in [1.165, 1.54) is 0 Å². The number of hydrogen-bond donors (Lipinski definition) is 1. The first kappa shape index (κ1) is 13.3. The summed E-state index contributed by atoms with van der Waals surface area (Å²) >= 11 is 0. The number of anilines is 1. The molecule has 2 rings (SSSR count). The number of rotatable bonds is 4. The number of nitro benzene ring substituents is 1. The molecule has 1 aromatic carbocycles. The van der Waals surface area contributed by atoms with Crippen LogP contribution in [0.1, 0.15) is 27.2 Å². The summed E-state index contributed by atoms with van der Waals surface area (Å²) < 4.78 is 0. The highest BCUT2D eigenvalue weighted by Crippen LogP contribution is 2.34. The summed E-state index contributed by atoms with van der Waals surface area (Å²) in [6.07, 6.45) is 2.50. The van der Waals surface area contributed by atoms with Gasteiger partial charge in [0.1, 0.15) is 5.69 Å². The Morgan fingerprint density at radius 3 is 2.74 bits per heavy atom. The second-order valence-electron chi connectivity index (χ2n) is 5.15. The molecule has 2 aromatic rings. The lowest BCUT2D eigenvalue weighted by molar-refractivity contribution is -0.382. The molecule has 0 saturated heterocycles. The van der Waals surface area contributed by atoms with Crippen LogP contribution in [0.2, 0.25) is 0 Å². The molecule has 5 heteroatoms. The Morgan fingerprint density at radius 1 is 1.37 bits per heavy atom. The molecule has 1 aromatic heterocycles. The summed E-state index contributed by atoms with van der Waals surface area (Å²) in [5.74, 6) is 0. The molecule has 0 amide bonds. The zero-order chi connectivity index (χ0) is 14.0. The first-order valence-corrected chi connectivity index (χ1v) is 6.25. The predicted molar refractivity (Wildman–Crippen MR) is 76.4 cm³/mol. The van der Waals surface area contributed by atoms with Gasteiger partial charge in [-0.2, -0.15) is 0 Å². The van der Waals surface area contributed by atoms with Crippen LogP contribution < -0.4 is 5.32 Å². The van der Waals surface area contributed by atoms with Gasteiger partial charge in [0.05, 0.1) is 15.8 Å². The molecule has 0 aliphatic heterocycles. The van der Waals surface area contributed by atoms with Crippen LogP contribution in [-0.2, 0) is 0 Å². The maximum absolute atomic E-state index is 11.3. The van der Waals surface area contributed by atoms with E-state index in [2.05, 4.69) is 10.3 Å². The van der Waals surface area contributed by atoms with Gasteiger partial charge in [-0.15, -0.1) is 0 Å². The van der Waals surface area contributed by atoms with Crippen molar-refractivity contribution >= 4 is 22.3 Å². The lowest BCUT2D eigenvalue weighted by atomic mass is 10.0. The molecule has 0 radical (unpaired) electrons. The van der Waals surface area contributed by atoms with Crippen LogP contribution >= 0.6 is 0 Å². The number of pyridine rings is 1. The number of nitro groups is 1. The van der Waals surface area contributed by atoms with Crippen LogP contribution in [0.25, 0.3) is 10.9 Å². The van der Waals surface area contributed by atoms with Crippen LogP contribution in [0.15, 0.2) is 30.5 Å². The van der Waals surface area contributed by atoms with E-state index in [4.69, 9.17) is 0 Å². The zero-order valence-corrected chi connectivity index (χ0v) is 11.3. The molecule has 0 atom stereocenters. The summed E-state index contributed by atoms with van der Waals surface area (Å²) in [5, 5.41) is 15.1. The molecule has 1 heterocycles. The summed E-state index contributed by atoms with van der Waals surface area (Å²) in [7, 11) is 0. The fraction of sp³-hybridized carbons (Fsp3) is 0.357. The SMILES string of the molecule is CCC(C)(C)Nc1ccc2ncccc2c1[N+](=O)[O-]. The van der Waals surface area contributed by atoms with E-state index in [0.717, 1.165) is 6.42 Å². The molecule has 5 nitrogen and oxygen atoms in total. The Hall–Kier alpha value is -2.17. The van der Waals surface area contributed by atoms with Gasteiger partial charge in [-0.05, 0) is 44.5 Å². The molecule has 0 spiro atoms. The van der Waals surface area contributed by atoms with Gasteiger partial charge in [-0.25, -0.2) is 0 Å². The van der Waals surface area contributed by atoms with Gasteiger partial charge in [0, 0.05) is 11.7 Å². The molecular formula is C14H17N3O2. The number of fused-ring (bicyclic) bond motifs is 1. The van der Waals surface area contributed by atoms with Crippen LogP contribution in [0.4, 0.5) is 11.4 Å². The first-order valence-electron chi connectivity index (χ1n) is 6.25. The lowest BCUT2D eigenvalue weighted by Crippen LogP contribution is -2.29. The van der Waals surface area contributed by atoms with Crippen LogP contribution in [0, 0.1) is 10.1 Å². The summed E-state index contributed by atoms with van der Waals surface area (Å²) in [4.78, 5) is 15.1. The zero-order valence-electron chi connectivity index (χ0n) is 11.3. The van der Waals surface area contributed by atoms with E-state index >= 15 is 0 Å². The maximum atomic E-state index is 11.3. The number of aromatic nitrogens is 1. The van der Waals surface area contributed by atoms with Crippen molar-refractivity contribution in [1.29, 1.82) is 0 Å². The minimum atomic E-state index is -0.349.